The summed E-state index contributed by atoms with van der Waals surface area (Å²) < 4.78 is 11.7. The monoisotopic (exact) mass is 326 g/mol. The molecule has 0 spiro atoms. The molecule has 6 nitrogen and oxygen atoms in total. The smallest absolute Gasteiger partial charge is 0.431 e. The van der Waals surface area contributed by atoms with Crippen molar-refractivity contribution in [3.8, 4) is 11.4 Å². The van der Waals surface area contributed by atoms with Gasteiger partial charge in [-0.15, -0.1) is 0 Å². The van der Waals surface area contributed by atoms with E-state index in [2.05, 4.69) is 10.6 Å². The van der Waals surface area contributed by atoms with E-state index in [0.717, 1.165) is 24.4 Å². The first-order valence-corrected chi connectivity index (χ1v) is 7.79. The van der Waals surface area contributed by atoms with Crippen LogP contribution in [0.25, 0.3) is 5.69 Å². The minimum absolute atomic E-state index is 0.365. The standard InChI is InChI=1S/C18H19N3O3/c1-23-16-9-7-14(8-10-16)11-12-19-13-17-18(22)24-20-21(17)15-5-3-2-4-6-15/h2-10,19H,11-13H2,1H3/p+1. The van der Waals surface area contributed by atoms with E-state index in [1.54, 1.807) is 11.8 Å². The summed E-state index contributed by atoms with van der Waals surface area (Å²) in [6.45, 7) is 1.18. The summed E-state index contributed by atoms with van der Waals surface area (Å²) in [5, 5.41) is 5.92. The molecule has 0 aliphatic rings. The van der Waals surface area contributed by atoms with Crippen molar-refractivity contribution in [1.29, 1.82) is 0 Å². The third-order valence-corrected chi connectivity index (χ3v) is 3.79. The number of nitrogens with one attached hydrogen (secondary N) is 2. The fourth-order valence-electron chi connectivity index (χ4n) is 2.46. The quantitative estimate of drug-likeness (QED) is 0.511. The molecule has 1 heterocycles. The summed E-state index contributed by atoms with van der Waals surface area (Å²) in [6, 6.07) is 17.5. The Morgan fingerprint density at radius 3 is 2.58 bits per heavy atom. The van der Waals surface area contributed by atoms with Crippen molar-refractivity contribution in [2.75, 3.05) is 13.7 Å². The second kappa shape index (κ2) is 7.61. The molecule has 0 aliphatic heterocycles. The third-order valence-electron chi connectivity index (χ3n) is 3.79. The Hall–Kier alpha value is -2.86. The molecule has 0 bridgehead atoms. The van der Waals surface area contributed by atoms with E-state index in [1.165, 1.54) is 5.56 Å². The minimum atomic E-state index is -0.365. The molecule has 3 rings (SSSR count). The zero-order valence-electron chi connectivity index (χ0n) is 13.5. The fourth-order valence-corrected chi connectivity index (χ4v) is 2.46. The highest BCUT2D eigenvalue weighted by atomic mass is 16.5. The second-order valence-electron chi connectivity index (χ2n) is 5.37. The molecule has 0 atom stereocenters. The molecule has 2 N–H and O–H groups in total. The number of H-pyrrole nitrogens is 1. The molecular weight excluding hydrogens is 306 g/mol. The number of benzene rings is 2. The number of methoxy groups -OCH3 is 1. The Bertz CT molecular complexity index is 823. The normalized spacial score (nSPS) is 10.7. The van der Waals surface area contributed by atoms with Gasteiger partial charge in [-0.25, -0.2) is 4.79 Å². The number of para-hydroxylation sites is 1. The molecule has 0 saturated carbocycles. The van der Waals surface area contributed by atoms with Gasteiger partial charge in [-0.1, -0.05) is 30.3 Å². The fraction of sp³-hybridized carbons (Fsp3) is 0.222. The van der Waals surface area contributed by atoms with Gasteiger partial charge in [0.2, 0.25) is 5.69 Å². The molecular formula is C18H20N3O3+. The van der Waals surface area contributed by atoms with Crippen LogP contribution in [0.5, 0.6) is 5.75 Å². The van der Waals surface area contributed by atoms with Gasteiger partial charge in [0.1, 0.15) is 5.75 Å². The molecule has 0 radical (unpaired) electrons. The molecule has 124 valence electrons. The van der Waals surface area contributed by atoms with Gasteiger partial charge in [0.25, 0.3) is 0 Å². The first-order chi connectivity index (χ1) is 11.8. The predicted octanol–water partition coefficient (Wildman–Crippen LogP) is 1.59. The maximum Gasteiger partial charge on any atom is 0.431 e. The molecule has 24 heavy (non-hydrogen) atoms. The van der Waals surface area contributed by atoms with Crippen molar-refractivity contribution in [3.05, 3.63) is 76.3 Å². The number of rotatable bonds is 7. The van der Waals surface area contributed by atoms with E-state index >= 15 is 0 Å². The molecule has 0 unspecified atom stereocenters. The highest BCUT2D eigenvalue weighted by Crippen LogP contribution is 2.11. The van der Waals surface area contributed by atoms with Crippen LogP contribution in [0.1, 0.15) is 11.3 Å². The third kappa shape index (κ3) is 3.72. The van der Waals surface area contributed by atoms with Crippen molar-refractivity contribution < 1.29 is 13.9 Å². The van der Waals surface area contributed by atoms with Crippen LogP contribution in [-0.4, -0.2) is 18.9 Å². The summed E-state index contributed by atoms with van der Waals surface area (Å²) >= 11 is 0. The summed E-state index contributed by atoms with van der Waals surface area (Å²) in [6.07, 6.45) is 0.866. The predicted molar refractivity (Wildman–Crippen MR) is 89.3 cm³/mol. The van der Waals surface area contributed by atoms with E-state index in [9.17, 15) is 4.79 Å². The summed E-state index contributed by atoms with van der Waals surface area (Å²) in [4.78, 5) is 11.9. The zero-order chi connectivity index (χ0) is 16.8. The van der Waals surface area contributed by atoms with E-state index in [-0.39, 0.29) is 5.63 Å². The van der Waals surface area contributed by atoms with E-state index in [1.807, 2.05) is 54.6 Å². The molecule has 0 aliphatic carbocycles. The van der Waals surface area contributed by atoms with E-state index < -0.39 is 0 Å². The molecule has 6 heteroatoms. The Morgan fingerprint density at radius 2 is 1.88 bits per heavy atom. The van der Waals surface area contributed by atoms with Gasteiger partial charge in [-0.05, 0) is 40.6 Å². The first kappa shape index (κ1) is 16.0. The highest BCUT2D eigenvalue weighted by Gasteiger charge is 2.22. The molecule has 1 aromatic heterocycles. The number of ether oxygens (including phenoxy) is 1. The van der Waals surface area contributed by atoms with Gasteiger partial charge >= 0.3 is 11.3 Å². The van der Waals surface area contributed by atoms with Crippen LogP contribution < -0.4 is 20.4 Å². The summed E-state index contributed by atoms with van der Waals surface area (Å²) in [7, 11) is 1.65. The summed E-state index contributed by atoms with van der Waals surface area (Å²) in [5.74, 6) is 0.848. The zero-order valence-corrected chi connectivity index (χ0v) is 13.5. The maximum atomic E-state index is 11.9. The minimum Gasteiger partial charge on any atom is -0.497 e. The molecule has 0 saturated heterocycles. The Balaban J connectivity index is 1.59. The topological polar surface area (TPSA) is 71.1 Å². The van der Waals surface area contributed by atoms with Crippen molar-refractivity contribution in [2.24, 2.45) is 0 Å². The Kier molecular flexibility index (Phi) is 5.08. The average Bonchev–Trinajstić information content (AvgIpc) is 3.01. The van der Waals surface area contributed by atoms with Gasteiger partial charge in [-0.3, -0.25) is 4.52 Å². The number of aromatic nitrogens is 2. The van der Waals surface area contributed by atoms with Gasteiger partial charge in [0.15, 0.2) is 0 Å². The maximum absolute atomic E-state index is 11.9. The van der Waals surface area contributed by atoms with E-state index in [4.69, 9.17) is 9.26 Å². The average molecular weight is 326 g/mol. The number of nitrogens with zero attached hydrogens (tertiary/aromatic N) is 1. The van der Waals surface area contributed by atoms with Crippen LogP contribution in [-0.2, 0) is 13.0 Å². The van der Waals surface area contributed by atoms with Crippen LogP contribution in [0.15, 0.2) is 63.9 Å². The van der Waals surface area contributed by atoms with Crippen molar-refractivity contribution in [1.82, 2.24) is 10.6 Å². The number of hydrogen-bond acceptors (Lipinski definition) is 4. The van der Waals surface area contributed by atoms with Crippen LogP contribution in [0.2, 0.25) is 0 Å². The van der Waals surface area contributed by atoms with Gasteiger partial charge in [-0.2, -0.15) is 0 Å². The highest BCUT2D eigenvalue weighted by molar-refractivity contribution is 5.27. The molecule has 0 fully saturated rings. The van der Waals surface area contributed by atoms with Gasteiger partial charge in [0.05, 0.1) is 13.7 Å². The largest absolute Gasteiger partial charge is 0.497 e. The second-order valence-corrected chi connectivity index (χ2v) is 5.37. The lowest BCUT2D eigenvalue weighted by molar-refractivity contribution is -0.677. The van der Waals surface area contributed by atoms with Crippen LogP contribution >= 0.6 is 0 Å². The lowest BCUT2D eigenvalue weighted by atomic mass is 10.1. The van der Waals surface area contributed by atoms with Crippen LogP contribution in [0.4, 0.5) is 0 Å². The Morgan fingerprint density at radius 1 is 1.12 bits per heavy atom. The van der Waals surface area contributed by atoms with Crippen LogP contribution in [0, 0.1) is 0 Å². The SMILES string of the molecule is COc1ccc(CCNCc2c(=O)o[nH][n+]2-c2ccccc2)cc1. The van der Waals surface area contributed by atoms with Gasteiger partial charge in [0, 0.05) is 12.1 Å². The molecule has 0 amide bonds. The van der Waals surface area contributed by atoms with Crippen LogP contribution in [0.3, 0.4) is 0 Å². The van der Waals surface area contributed by atoms with Gasteiger partial charge < -0.3 is 10.1 Å². The van der Waals surface area contributed by atoms with E-state index in [0.29, 0.717) is 12.2 Å². The number of aromatic amines is 1. The molecule has 2 aromatic carbocycles. The molecule has 3 aromatic rings. The summed E-state index contributed by atoms with van der Waals surface area (Å²) in [5.41, 5.74) is 2.24. The van der Waals surface area contributed by atoms with Crippen molar-refractivity contribution in [2.45, 2.75) is 13.0 Å². The lowest BCUT2D eigenvalue weighted by Gasteiger charge is -2.04. The number of hydrogen-bond donors (Lipinski definition) is 2. The Labute approximate surface area is 139 Å². The van der Waals surface area contributed by atoms with Crippen molar-refractivity contribution >= 4 is 0 Å². The first-order valence-electron chi connectivity index (χ1n) is 7.79. The lowest BCUT2D eigenvalue weighted by Crippen LogP contribution is -2.41. The van der Waals surface area contributed by atoms with Crippen molar-refractivity contribution in [3.63, 3.8) is 0 Å².